The van der Waals surface area contributed by atoms with Crippen molar-refractivity contribution < 1.29 is 24.2 Å². The molecule has 1 unspecified atom stereocenters. The highest BCUT2D eigenvalue weighted by Gasteiger charge is 2.24. The summed E-state index contributed by atoms with van der Waals surface area (Å²) in [5.74, 6) is -1.56. The molecule has 7 nitrogen and oxygen atoms in total. The number of urea groups is 1. The van der Waals surface area contributed by atoms with E-state index in [9.17, 15) is 19.5 Å². The van der Waals surface area contributed by atoms with Crippen LogP contribution in [-0.4, -0.2) is 36.2 Å². The second-order valence-corrected chi connectivity index (χ2v) is 6.43. The molecule has 0 radical (unpaired) electrons. The predicted octanol–water partition coefficient (Wildman–Crippen LogP) is 2.64. The number of ether oxygens (including phenoxy) is 1. The first-order valence-corrected chi connectivity index (χ1v) is 8.18. The average molecular weight is 350 g/mol. The number of hydrogen-bond acceptors (Lipinski definition) is 5. The molecule has 1 atom stereocenters. The van der Waals surface area contributed by atoms with Crippen molar-refractivity contribution in [3.63, 3.8) is 0 Å². The van der Waals surface area contributed by atoms with Crippen molar-refractivity contribution in [3.05, 3.63) is 28.8 Å². The van der Waals surface area contributed by atoms with Crippen molar-refractivity contribution in [1.29, 1.82) is 0 Å². The van der Waals surface area contributed by atoms with Crippen LogP contribution in [0, 0.1) is 0 Å². The van der Waals surface area contributed by atoms with Crippen LogP contribution in [0.3, 0.4) is 0 Å². The lowest BCUT2D eigenvalue weighted by Gasteiger charge is -2.18. The molecule has 1 rings (SSSR count). The minimum atomic E-state index is -1.19. The second-order valence-electron chi connectivity index (χ2n) is 6.43. The third-order valence-corrected chi connectivity index (χ3v) is 3.79. The molecular weight excluding hydrogens is 324 g/mol. The molecule has 3 N–H and O–H groups in total. The van der Waals surface area contributed by atoms with E-state index < -0.39 is 24.0 Å². The number of imide groups is 1. The first-order valence-electron chi connectivity index (χ1n) is 8.18. The lowest BCUT2D eigenvalue weighted by Crippen LogP contribution is -2.43. The molecule has 3 amide bonds. The standard InChI is InChI=1S/C18H26N2O5/c1-9(2)12-7-13(10(3)4)15(21)14(8-12)17(23)25-11(5)16(22)20-18(24)19-6/h7-11,21H,1-6H3,(H2,19,20,22,24). The van der Waals surface area contributed by atoms with E-state index in [-0.39, 0.29) is 23.1 Å². The quantitative estimate of drug-likeness (QED) is 0.708. The van der Waals surface area contributed by atoms with Gasteiger partial charge in [0, 0.05) is 7.05 Å². The van der Waals surface area contributed by atoms with Crippen LogP contribution in [0.1, 0.15) is 67.9 Å². The number of amides is 3. The van der Waals surface area contributed by atoms with Crippen LogP contribution in [0.5, 0.6) is 5.75 Å². The molecule has 0 aliphatic carbocycles. The third-order valence-electron chi connectivity index (χ3n) is 3.79. The molecule has 0 bridgehead atoms. The summed E-state index contributed by atoms with van der Waals surface area (Å²) in [4.78, 5) is 35.4. The fraction of sp³-hybridized carbons (Fsp3) is 0.500. The molecule has 138 valence electrons. The van der Waals surface area contributed by atoms with Gasteiger partial charge in [0.25, 0.3) is 5.91 Å². The van der Waals surface area contributed by atoms with E-state index in [0.29, 0.717) is 5.56 Å². The topological polar surface area (TPSA) is 105 Å². The van der Waals surface area contributed by atoms with Crippen LogP contribution in [0.2, 0.25) is 0 Å². The number of phenolic OH excluding ortho intramolecular Hbond substituents is 1. The Labute approximate surface area is 147 Å². The zero-order chi connectivity index (χ0) is 19.3. The molecule has 0 spiro atoms. The van der Waals surface area contributed by atoms with Crippen LogP contribution < -0.4 is 10.6 Å². The van der Waals surface area contributed by atoms with Crippen molar-refractivity contribution in [1.82, 2.24) is 10.6 Å². The Hall–Kier alpha value is -2.57. The number of esters is 1. The van der Waals surface area contributed by atoms with Crippen LogP contribution in [0.25, 0.3) is 0 Å². The van der Waals surface area contributed by atoms with Gasteiger partial charge in [-0.2, -0.15) is 0 Å². The Morgan fingerprint density at radius 2 is 1.64 bits per heavy atom. The summed E-state index contributed by atoms with van der Waals surface area (Å²) in [7, 11) is 1.36. The lowest BCUT2D eigenvalue weighted by molar-refractivity contribution is -0.127. The molecule has 0 saturated carbocycles. The van der Waals surface area contributed by atoms with Crippen molar-refractivity contribution in [2.24, 2.45) is 0 Å². The van der Waals surface area contributed by atoms with E-state index in [1.54, 1.807) is 6.07 Å². The largest absolute Gasteiger partial charge is 0.507 e. The van der Waals surface area contributed by atoms with Gasteiger partial charge in [-0.25, -0.2) is 9.59 Å². The maximum Gasteiger partial charge on any atom is 0.342 e. The molecule has 25 heavy (non-hydrogen) atoms. The smallest absolute Gasteiger partial charge is 0.342 e. The number of nitrogens with one attached hydrogen (secondary N) is 2. The van der Waals surface area contributed by atoms with Gasteiger partial charge in [0.15, 0.2) is 6.10 Å². The van der Waals surface area contributed by atoms with Gasteiger partial charge >= 0.3 is 12.0 Å². The molecule has 0 saturated heterocycles. The molecule has 7 heteroatoms. The summed E-state index contributed by atoms with van der Waals surface area (Å²) in [5.41, 5.74) is 1.53. The Morgan fingerprint density at radius 1 is 1.04 bits per heavy atom. The minimum Gasteiger partial charge on any atom is -0.507 e. The van der Waals surface area contributed by atoms with E-state index in [0.717, 1.165) is 5.56 Å². The van der Waals surface area contributed by atoms with Gasteiger partial charge in [-0.3, -0.25) is 10.1 Å². The van der Waals surface area contributed by atoms with Crippen molar-refractivity contribution >= 4 is 17.9 Å². The number of carbonyl (C=O) groups excluding carboxylic acids is 3. The Kier molecular flexibility index (Phi) is 6.97. The van der Waals surface area contributed by atoms with Gasteiger partial charge in [0.05, 0.1) is 0 Å². The predicted molar refractivity (Wildman–Crippen MR) is 93.8 cm³/mol. The van der Waals surface area contributed by atoms with Gasteiger partial charge < -0.3 is 15.2 Å². The summed E-state index contributed by atoms with van der Waals surface area (Å²) < 4.78 is 5.10. The highest BCUT2D eigenvalue weighted by molar-refractivity contribution is 5.99. The number of aromatic hydroxyl groups is 1. The van der Waals surface area contributed by atoms with Crippen molar-refractivity contribution in [3.8, 4) is 5.75 Å². The van der Waals surface area contributed by atoms with Crippen LogP contribution >= 0.6 is 0 Å². The molecule has 0 heterocycles. The second kappa shape index (κ2) is 8.50. The van der Waals surface area contributed by atoms with E-state index in [2.05, 4.69) is 5.32 Å². The molecule has 0 aliphatic heterocycles. The van der Waals surface area contributed by atoms with E-state index in [1.165, 1.54) is 14.0 Å². The maximum absolute atomic E-state index is 12.4. The summed E-state index contributed by atoms with van der Waals surface area (Å²) >= 11 is 0. The number of rotatable bonds is 5. The number of carbonyl (C=O) groups is 3. The van der Waals surface area contributed by atoms with Gasteiger partial charge in [0.1, 0.15) is 11.3 Å². The average Bonchev–Trinajstić information content (AvgIpc) is 2.53. The summed E-state index contributed by atoms with van der Waals surface area (Å²) in [6.07, 6.45) is -1.19. The summed E-state index contributed by atoms with van der Waals surface area (Å²) in [6, 6.07) is 2.74. The van der Waals surface area contributed by atoms with E-state index in [4.69, 9.17) is 4.74 Å². The normalized spacial score (nSPS) is 12.0. The first-order chi connectivity index (χ1) is 11.6. The van der Waals surface area contributed by atoms with E-state index in [1.807, 2.05) is 39.1 Å². The molecular formula is C18H26N2O5. The monoisotopic (exact) mass is 350 g/mol. The fourth-order valence-electron chi connectivity index (χ4n) is 2.16. The number of hydrogen-bond donors (Lipinski definition) is 3. The van der Waals surface area contributed by atoms with Gasteiger partial charge in [0.2, 0.25) is 0 Å². The van der Waals surface area contributed by atoms with Crippen LogP contribution in [-0.2, 0) is 9.53 Å². The minimum absolute atomic E-state index is 0.00879. The van der Waals surface area contributed by atoms with E-state index >= 15 is 0 Å². The molecule has 0 fully saturated rings. The molecule has 1 aromatic rings. The van der Waals surface area contributed by atoms with Gasteiger partial charge in [-0.1, -0.05) is 33.8 Å². The zero-order valence-corrected chi connectivity index (χ0v) is 15.5. The summed E-state index contributed by atoms with van der Waals surface area (Å²) in [5, 5.41) is 14.7. The third kappa shape index (κ3) is 5.20. The van der Waals surface area contributed by atoms with Crippen LogP contribution in [0.15, 0.2) is 12.1 Å². The highest BCUT2D eigenvalue weighted by atomic mass is 16.5. The Bertz CT molecular complexity index is 668. The Morgan fingerprint density at radius 3 is 2.12 bits per heavy atom. The fourth-order valence-corrected chi connectivity index (χ4v) is 2.16. The molecule has 0 aromatic heterocycles. The van der Waals surface area contributed by atoms with Crippen molar-refractivity contribution in [2.75, 3.05) is 7.05 Å². The SMILES string of the molecule is CNC(=O)NC(=O)C(C)OC(=O)c1cc(C(C)C)cc(C(C)C)c1O. The number of benzene rings is 1. The van der Waals surface area contributed by atoms with Crippen molar-refractivity contribution in [2.45, 2.75) is 52.6 Å². The highest BCUT2D eigenvalue weighted by Crippen LogP contribution is 2.33. The zero-order valence-electron chi connectivity index (χ0n) is 15.5. The summed E-state index contributed by atoms with van der Waals surface area (Å²) in [6.45, 7) is 9.13. The first kappa shape index (κ1) is 20.5. The Balaban J connectivity index is 3.08. The number of phenols is 1. The molecule has 0 aliphatic rings. The lowest BCUT2D eigenvalue weighted by atomic mass is 9.92. The van der Waals surface area contributed by atoms with Crippen LogP contribution in [0.4, 0.5) is 4.79 Å². The van der Waals surface area contributed by atoms with Gasteiger partial charge in [-0.15, -0.1) is 0 Å². The molecule has 1 aromatic carbocycles. The van der Waals surface area contributed by atoms with Gasteiger partial charge in [-0.05, 0) is 36.0 Å². The maximum atomic E-state index is 12.4.